The van der Waals surface area contributed by atoms with Gasteiger partial charge < -0.3 is 10.2 Å². The van der Waals surface area contributed by atoms with Crippen molar-refractivity contribution in [2.75, 3.05) is 38.7 Å². The van der Waals surface area contributed by atoms with Gasteiger partial charge in [-0.25, -0.2) is 8.42 Å². The van der Waals surface area contributed by atoms with Gasteiger partial charge in [0.15, 0.2) is 0 Å². The van der Waals surface area contributed by atoms with Crippen LogP contribution in [0.5, 0.6) is 0 Å². The van der Waals surface area contributed by atoms with E-state index in [0.717, 1.165) is 19.0 Å². The molecule has 19 heavy (non-hydrogen) atoms. The molecule has 0 aromatic rings. The van der Waals surface area contributed by atoms with Crippen LogP contribution in [-0.4, -0.2) is 58.1 Å². The summed E-state index contributed by atoms with van der Waals surface area (Å²) in [5, 5.41) is 3.59. The van der Waals surface area contributed by atoms with Crippen LogP contribution in [0.4, 0.5) is 0 Å². The van der Waals surface area contributed by atoms with E-state index in [0.29, 0.717) is 12.6 Å². The molecule has 1 N–H and O–H groups in total. The van der Waals surface area contributed by atoms with E-state index in [9.17, 15) is 8.42 Å². The largest absolute Gasteiger partial charge is 0.313 e. The van der Waals surface area contributed by atoms with E-state index in [1.54, 1.807) is 0 Å². The molecule has 0 amide bonds. The highest BCUT2D eigenvalue weighted by atomic mass is 32.2. The number of rotatable bonds is 8. The molecule has 1 aliphatic rings. The molecular weight excluding hydrogens is 260 g/mol. The zero-order chi connectivity index (χ0) is 14.3. The third-order valence-electron chi connectivity index (χ3n) is 4.04. The van der Waals surface area contributed by atoms with Gasteiger partial charge in [0.25, 0.3) is 0 Å². The highest BCUT2D eigenvalue weighted by Gasteiger charge is 2.24. The Morgan fingerprint density at radius 1 is 1.26 bits per heavy atom. The van der Waals surface area contributed by atoms with Gasteiger partial charge in [0, 0.05) is 25.4 Å². The van der Waals surface area contributed by atoms with Gasteiger partial charge in [-0.2, -0.15) is 0 Å². The molecule has 0 aromatic carbocycles. The molecule has 1 saturated carbocycles. The molecule has 0 spiro atoms. The van der Waals surface area contributed by atoms with Crippen LogP contribution in [-0.2, 0) is 9.84 Å². The molecule has 0 aliphatic heterocycles. The molecule has 114 valence electrons. The first kappa shape index (κ1) is 16.9. The van der Waals surface area contributed by atoms with Gasteiger partial charge in [0.1, 0.15) is 9.84 Å². The number of hydrogen-bond acceptors (Lipinski definition) is 4. The fourth-order valence-electron chi connectivity index (χ4n) is 2.93. The topological polar surface area (TPSA) is 49.4 Å². The predicted octanol–water partition coefficient (Wildman–Crippen LogP) is 1.52. The maximum absolute atomic E-state index is 11.2. The molecule has 4 nitrogen and oxygen atoms in total. The smallest absolute Gasteiger partial charge is 0.148 e. The summed E-state index contributed by atoms with van der Waals surface area (Å²) in [7, 11) is -0.828. The summed E-state index contributed by atoms with van der Waals surface area (Å²) in [6, 6.07) is 0.509. The number of likely N-dealkylation sites (N-methyl/N-ethyl adjacent to an activating group) is 2. The summed E-state index contributed by atoms with van der Waals surface area (Å²) in [4.78, 5) is 2.16. The zero-order valence-electron chi connectivity index (χ0n) is 12.7. The van der Waals surface area contributed by atoms with E-state index in [2.05, 4.69) is 17.1 Å². The Kier molecular flexibility index (Phi) is 7.32. The third kappa shape index (κ3) is 7.28. The summed E-state index contributed by atoms with van der Waals surface area (Å²) < 4.78 is 22.4. The molecule has 1 unspecified atom stereocenters. The quantitative estimate of drug-likeness (QED) is 0.736. The van der Waals surface area contributed by atoms with E-state index in [1.807, 2.05) is 7.05 Å². The van der Waals surface area contributed by atoms with Crippen molar-refractivity contribution in [3.8, 4) is 0 Å². The summed E-state index contributed by atoms with van der Waals surface area (Å²) >= 11 is 0. The lowest BCUT2D eigenvalue weighted by atomic mass is 9.83. The van der Waals surface area contributed by atoms with Crippen LogP contribution in [0.15, 0.2) is 0 Å². The van der Waals surface area contributed by atoms with Gasteiger partial charge in [-0.15, -0.1) is 0 Å². The van der Waals surface area contributed by atoms with Crippen molar-refractivity contribution < 1.29 is 8.42 Å². The van der Waals surface area contributed by atoms with Crippen molar-refractivity contribution in [3.05, 3.63) is 0 Å². The van der Waals surface area contributed by atoms with Gasteiger partial charge in [0.05, 0.1) is 5.75 Å². The first-order valence-corrected chi connectivity index (χ1v) is 9.58. The average Bonchev–Trinajstić information content (AvgIpc) is 2.36. The third-order valence-corrected chi connectivity index (χ3v) is 4.96. The fraction of sp³-hybridized carbons (Fsp3) is 1.00. The van der Waals surface area contributed by atoms with Crippen molar-refractivity contribution in [2.45, 2.75) is 45.1 Å². The second kappa shape index (κ2) is 8.22. The van der Waals surface area contributed by atoms with Gasteiger partial charge in [-0.1, -0.05) is 26.2 Å². The van der Waals surface area contributed by atoms with E-state index in [4.69, 9.17) is 0 Å². The maximum Gasteiger partial charge on any atom is 0.148 e. The van der Waals surface area contributed by atoms with Crippen molar-refractivity contribution in [3.63, 3.8) is 0 Å². The van der Waals surface area contributed by atoms with Crippen LogP contribution in [0.1, 0.15) is 39.0 Å². The van der Waals surface area contributed by atoms with Crippen LogP contribution in [0, 0.1) is 5.92 Å². The summed E-state index contributed by atoms with van der Waals surface area (Å²) in [5.41, 5.74) is 0. The highest BCUT2D eigenvalue weighted by molar-refractivity contribution is 7.90. The molecule has 0 bridgehead atoms. The van der Waals surface area contributed by atoms with E-state index < -0.39 is 9.84 Å². The lowest BCUT2D eigenvalue weighted by Gasteiger charge is -2.33. The minimum atomic E-state index is -2.85. The van der Waals surface area contributed by atoms with Gasteiger partial charge in [0.2, 0.25) is 0 Å². The van der Waals surface area contributed by atoms with Gasteiger partial charge in [-0.05, 0) is 32.4 Å². The standard InChI is InChI=1S/C14H30N2O2S/c1-4-15-14(13-8-6-5-7-9-13)12-16(2)10-11-19(3,17)18/h13-15H,4-12H2,1-3H3. The highest BCUT2D eigenvalue weighted by Crippen LogP contribution is 2.26. The minimum absolute atomic E-state index is 0.257. The Balaban J connectivity index is 2.42. The fourth-order valence-corrected chi connectivity index (χ4v) is 3.57. The summed E-state index contributed by atoms with van der Waals surface area (Å²) in [6.07, 6.45) is 8.01. The van der Waals surface area contributed by atoms with Gasteiger partial charge >= 0.3 is 0 Å². The number of hydrogen-bond donors (Lipinski definition) is 1. The van der Waals surface area contributed by atoms with Crippen molar-refractivity contribution in [1.82, 2.24) is 10.2 Å². The maximum atomic E-state index is 11.2. The van der Waals surface area contributed by atoms with Crippen LogP contribution in [0.2, 0.25) is 0 Å². The number of nitrogens with zero attached hydrogens (tertiary/aromatic N) is 1. The molecule has 0 radical (unpaired) electrons. The molecular formula is C14H30N2O2S. The Morgan fingerprint density at radius 3 is 2.42 bits per heavy atom. The molecule has 1 fully saturated rings. The molecule has 0 aromatic heterocycles. The molecule has 5 heteroatoms. The van der Waals surface area contributed by atoms with Gasteiger partial charge in [-0.3, -0.25) is 0 Å². The number of nitrogens with one attached hydrogen (secondary N) is 1. The second-order valence-corrected chi connectivity index (χ2v) is 8.21. The molecule has 1 aliphatic carbocycles. The van der Waals surface area contributed by atoms with E-state index in [1.165, 1.54) is 38.4 Å². The van der Waals surface area contributed by atoms with Crippen LogP contribution >= 0.6 is 0 Å². The van der Waals surface area contributed by atoms with Crippen molar-refractivity contribution in [2.24, 2.45) is 5.92 Å². The van der Waals surface area contributed by atoms with Crippen LogP contribution in [0.25, 0.3) is 0 Å². The van der Waals surface area contributed by atoms with E-state index >= 15 is 0 Å². The molecule has 0 heterocycles. The summed E-state index contributed by atoms with van der Waals surface area (Å²) in [6.45, 7) is 4.72. The minimum Gasteiger partial charge on any atom is -0.313 e. The lowest BCUT2D eigenvalue weighted by Crippen LogP contribution is -2.46. The predicted molar refractivity (Wildman–Crippen MR) is 81.2 cm³/mol. The van der Waals surface area contributed by atoms with Crippen LogP contribution in [0.3, 0.4) is 0 Å². The lowest BCUT2D eigenvalue weighted by molar-refractivity contribution is 0.211. The SMILES string of the molecule is CCNC(CN(C)CCS(C)(=O)=O)C1CCCCC1. The first-order valence-electron chi connectivity index (χ1n) is 7.52. The zero-order valence-corrected chi connectivity index (χ0v) is 13.5. The Morgan fingerprint density at radius 2 is 1.89 bits per heavy atom. The Labute approximate surface area is 118 Å². The molecule has 1 rings (SSSR count). The van der Waals surface area contributed by atoms with Crippen molar-refractivity contribution >= 4 is 9.84 Å². The van der Waals surface area contributed by atoms with Crippen molar-refractivity contribution in [1.29, 1.82) is 0 Å². The van der Waals surface area contributed by atoms with E-state index in [-0.39, 0.29) is 5.75 Å². The Hall–Kier alpha value is -0.130. The molecule has 1 atom stereocenters. The normalized spacial score (nSPS) is 19.8. The average molecular weight is 290 g/mol. The van der Waals surface area contributed by atoms with Crippen LogP contribution < -0.4 is 5.32 Å². The monoisotopic (exact) mass is 290 g/mol. The summed E-state index contributed by atoms with van der Waals surface area (Å²) in [5.74, 6) is 1.02. The second-order valence-electron chi connectivity index (χ2n) is 5.95. The molecule has 0 saturated heterocycles. The number of sulfone groups is 1. The first-order chi connectivity index (χ1) is 8.92. The Bertz CT molecular complexity index is 337.